The molecule has 2 fully saturated rings. The fraction of sp³-hybridized carbons (Fsp3) is 0.417. The highest BCUT2D eigenvalue weighted by atomic mass is 32.2. The first-order valence-corrected chi connectivity index (χ1v) is 12.5. The smallest absolute Gasteiger partial charge is 0.251 e. The molecule has 2 saturated carbocycles. The standard InChI is InChI=1S/C24H27N5O3S/c30-21(25-18-7-4-6-16(14-18)23(31)26-17-11-12-17)15-33-24-28-27-22(20-10-5-13-32-20)29(24)19-8-2-1-3-9-19/h4-7,10,13-14,17,19H,1-3,8-9,11-12,15H2,(H,25,30)(H,26,31). The Morgan fingerprint density at radius 2 is 1.91 bits per heavy atom. The van der Waals surface area contributed by atoms with Crippen molar-refractivity contribution in [3.8, 4) is 11.6 Å². The molecule has 9 heteroatoms. The minimum absolute atomic E-state index is 0.103. The molecule has 8 nitrogen and oxygen atoms in total. The third-order valence-corrected chi connectivity index (χ3v) is 6.94. The van der Waals surface area contributed by atoms with Crippen molar-refractivity contribution in [2.75, 3.05) is 11.1 Å². The number of nitrogens with one attached hydrogen (secondary N) is 2. The van der Waals surface area contributed by atoms with Gasteiger partial charge in [-0.25, -0.2) is 0 Å². The Hall–Kier alpha value is -3.07. The number of hydrogen-bond acceptors (Lipinski definition) is 6. The number of nitrogens with zero attached hydrogens (tertiary/aromatic N) is 3. The minimum atomic E-state index is -0.155. The van der Waals surface area contributed by atoms with Crippen LogP contribution in [0.25, 0.3) is 11.6 Å². The predicted molar refractivity (Wildman–Crippen MR) is 126 cm³/mol. The molecule has 2 aliphatic carbocycles. The Morgan fingerprint density at radius 1 is 1.06 bits per heavy atom. The summed E-state index contributed by atoms with van der Waals surface area (Å²) in [5.41, 5.74) is 1.15. The lowest BCUT2D eigenvalue weighted by Gasteiger charge is -2.25. The highest BCUT2D eigenvalue weighted by Gasteiger charge is 2.26. The maximum Gasteiger partial charge on any atom is 0.251 e. The zero-order valence-electron chi connectivity index (χ0n) is 18.3. The molecule has 33 heavy (non-hydrogen) atoms. The first kappa shape index (κ1) is 21.8. The third-order valence-electron chi connectivity index (χ3n) is 6.00. The summed E-state index contributed by atoms with van der Waals surface area (Å²) in [6.45, 7) is 0. The van der Waals surface area contributed by atoms with E-state index < -0.39 is 0 Å². The van der Waals surface area contributed by atoms with Crippen molar-refractivity contribution in [3.05, 3.63) is 48.2 Å². The lowest BCUT2D eigenvalue weighted by molar-refractivity contribution is -0.113. The Bertz CT molecular complexity index is 1120. The van der Waals surface area contributed by atoms with Gasteiger partial charge >= 0.3 is 0 Å². The molecule has 3 aromatic rings. The summed E-state index contributed by atoms with van der Waals surface area (Å²) in [5.74, 6) is 1.34. The summed E-state index contributed by atoms with van der Waals surface area (Å²) >= 11 is 1.37. The van der Waals surface area contributed by atoms with Crippen LogP contribution >= 0.6 is 11.8 Å². The van der Waals surface area contributed by atoms with Crippen LogP contribution in [0.1, 0.15) is 61.3 Å². The van der Waals surface area contributed by atoms with E-state index in [-0.39, 0.29) is 17.6 Å². The van der Waals surface area contributed by atoms with Gasteiger partial charge in [-0.05, 0) is 56.0 Å². The molecular weight excluding hydrogens is 438 g/mol. The number of carbonyl (C=O) groups excluding carboxylic acids is 2. The summed E-state index contributed by atoms with van der Waals surface area (Å²) < 4.78 is 7.72. The maximum absolute atomic E-state index is 12.7. The van der Waals surface area contributed by atoms with Crippen molar-refractivity contribution in [3.63, 3.8) is 0 Å². The number of rotatable bonds is 8. The van der Waals surface area contributed by atoms with Crippen LogP contribution in [0.4, 0.5) is 5.69 Å². The van der Waals surface area contributed by atoms with Gasteiger partial charge in [-0.2, -0.15) is 0 Å². The molecule has 0 saturated heterocycles. The summed E-state index contributed by atoms with van der Waals surface area (Å²) in [4.78, 5) is 24.9. The van der Waals surface area contributed by atoms with E-state index in [0.717, 1.165) is 30.8 Å². The molecule has 0 atom stereocenters. The van der Waals surface area contributed by atoms with Gasteiger partial charge in [0.2, 0.25) is 11.7 Å². The van der Waals surface area contributed by atoms with Gasteiger partial charge in [0.1, 0.15) is 0 Å². The normalized spacial score (nSPS) is 16.5. The molecule has 1 aromatic carbocycles. The van der Waals surface area contributed by atoms with E-state index in [4.69, 9.17) is 4.42 Å². The van der Waals surface area contributed by atoms with E-state index in [1.165, 1.54) is 31.0 Å². The molecule has 0 aliphatic heterocycles. The number of thioether (sulfide) groups is 1. The van der Waals surface area contributed by atoms with E-state index in [9.17, 15) is 9.59 Å². The van der Waals surface area contributed by atoms with E-state index in [1.807, 2.05) is 12.1 Å². The van der Waals surface area contributed by atoms with Crippen LogP contribution in [0.15, 0.2) is 52.2 Å². The first-order valence-electron chi connectivity index (χ1n) is 11.5. The van der Waals surface area contributed by atoms with Crippen molar-refractivity contribution < 1.29 is 14.0 Å². The number of anilines is 1. The highest BCUT2D eigenvalue weighted by Crippen LogP contribution is 2.35. The van der Waals surface area contributed by atoms with E-state index in [2.05, 4.69) is 25.4 Å². The zero-order valence-corrected chi connectivity index (χ0v) is 19.1. The van der Waals surface area contributed by atoms with Crippen LogP contribution in [0.5, 0.6) is 0 Å². The number of furan rings is 1. The fourth-order valence-electron chi connectivity index (χ4n) is 4.18. The maximum atomic E-state index is 12.7. The zero-order chi connectivity index (χ0) is 22.6. The molecule has 2 heterocycles. The van der Waals surface area contributed by atoms with Gasteiger partial charge in [0.15, 0.2) is 10.9 Å². The van der Waals surface area contributed by atoms with Crippen LogP contribution in [0, 0.1) is 0 Å². The number of amides is 2. The van der Waals surface area contributed by atoms with Gasteiger partial charge in [0, 0.05) is 23.3 Å². The average molecular weight is 466 g/mol. The lowest BCUT2D eigenvalue weighted by atomic mass is 9.95. The van der Waals surface area contributed by atoms with Crippen molar-refractivity contribution in [2.45, 2.75) is 62.2 Å². The van der Waals surface area contributed by atoms with Gasteiger partial charge in [-0.1, -0.05) is 37.1 Å². The quantitative estimate of drug-likeness (QED) is 0.469. The van der Waals surface area contributed by atoms with Crippen LogP contribution in [-0.4, -0.2) is 38.4 Å². The third kappa shape index (κ3) is 5.30. The fourth-order valence-corrected chi connectivity index (χ4v) is 4.98. The van der Waals surface area contributed by atoms with E-state index >= 15 is 0 Å². The van der Waals surface area contributed by atoms with Crippen LogP contribution in [0.3, 0.4) is 0 Å². The Morgan fingerprint density at radius 3 is 2.67 bits per heavy atom. The molecule has 0 radical (unpaired) electrons. The molecule has 0 spiro atoms. The number of carbonyl (C=O) groups is 2. The molecule has 2 aliphatic rings. The van der Waals surface area contributed by atoms with E-state index in [1.54, 1.807) is 30.5 Å². The second-order valence-corrected chi connectivity index (χ2v) is 9.55. The topological polar surface area (TPSA) is 102 Å². The summed E-state index contributed by atoms with van der Waals surface area (Å²) in [6, 6.07) is 11.4. The number of aromatic nitrogens is 3. The Kier molecular flexibility index (Phi) is 6.48. The molecular formula is C24H27N5O3S. The molecule has 172 valence electrons. The highest BCUT2D eigenvalue weighted by molar-refractivity contribution is 7.99. The van der Waals surface area contributed by atoms with E-state index in [0.29, 0.717) is 34.9 Å². The SMILES string of the molecule is O=C(CSc1nnc(-c2ccco2)n1C1CCCCC1)Nc1cccc(C(=O)NC2CC2)c1. The summed E-state index contributed by atoms with van der Waals surface area (Å²) in [6.07, 6.45) is 9.44. The monoisotopic (exact) mass is 465 g/mol. The molecule has 2 aromatic heterocycles. The molecule has 2 amide bonds. The average Bonchev–Trinajstić information content (AvgIpc) is 3.31. The molecule has 0 unspecified atom stereocenters. The second kappa shape index (κ2) is 9.82. The Balaban J connectivity index is 1.25. The molecule has 0 bridgehead atoms. The van der Waals surface area contributed by atoms with Gasteiger partial charge in [-0.15, -0.1) is 10.2 Å². The minimum Gasteiger partial charge on any atom is -0.461 e. The molecule has 5 rings (SSSR count). The predicted octanol–water partition coefficient (Wildman–Crippen LogP) is 4.67. The van der Waals surface area contributed by atoms with Crippen LogP contribution in [0.2, 0.25) is 0 Å². The summed E-state index contributed by atoms with van der Waals surface area (Å²) in [7, 11) is 0. The van der Waals surface area contributed by atoms with Crippen molar-refractivity contribution in [2.24, 2.45) is 0 Å². The van der Waals surface area contributed by atoms with Crippen molar-refractivity contribution in [1.29, 1.82) is 0 Å². The first-order chi connectivity index (χ1) is 16.2. The van der Waals surface area contributed by atoms with Gasteiger partial charge in [-0.3, -0.25) is 14.2 Å². The van der Waals surface area contributed by atoms with Gasteiger partial charge in [0.25, 0.3) is 5.91 Å². The largest absolute Gasteiger partial charge is 0.461 e. The van der Waals surface area contributed by atoms with Crippen molar-refractivity contribution >= 4 is 29.3 Å². The van der Waals surface area contributed by atoms with Gasteiger partial charge in [0.05, 0.1) is 12.0 Å². The van der Waals surface area contributed by atoms with Crippen LogP contribution in [-0.2, 0) is 4.79 Å². The van der Waals surface area contributed by atoms with Gasteiger partial charge < -0.3 is 15.1 Å². The number of hydrogen-bond donors (Lipinski definition) is 2. The summed E-state index contributed by atoms with van der Waals surface area (Å²) in [5, 5.41) is 15.3. The Labute approximate surface area is 196 Å². The second-order valence-electron chi connectivity index (χ2n) is 8.61. The van der Waals surface area contributed by atoms with Crippen molar-refractivity contribution in [1.82, 2.24) is 20.1 Å². The molecule has 2 N–H and O–H groups in total. The van der Waals surface area contributed by atoms with Crippen LogP contribution < -0.4 is 10.6 Å². The number of benzene rings is 1. The lowest BCUT2D eigenvalue weighted by Crippen LogP contribution is -2.25.